The zero-order valence-electron chi connectivity index (χ0n) is 17.6. The van der Waals surface area contributed by atoms with Crippen LogP contribution in [0.15, 0.2) is 24.3 Å². The minimum Gasteiger partial charge on any atom is -0.444 e. The van der Waals surface area contributed by atoms with Crippen molar-refractivity contribution in [3.8, 4) is 10.4 Å². The fraction of sp³-hybridized carbons (Fsp3) is 0.476. The summed E-state index contributed by atoms with van der Waals surface area (Å²) in [6.45, 7) is 8.46. The van der Waals surface area contributed by atoms with Crippen LogP contribution in [0.3, 0.4) is 0 Å². The van der Waals surface area contributed by atoms with E-state index in [2.05, 4.69) is 4.98 Å². The Labute approximate surface area is 179 Å². The van der Waals surface area contributed by atoms with Crippen molar-refractivity contribution in [3.05, 3.63) is 40.8 Å². The summed E-state index contributed by atoms with van der Waals surface area (Å²) >= 11 is 1.39. The van der Waals surface area contributed by atoms with E-state index in [4.69, 9.17) is 10.5 Å². The zero-order chi connectivity index (χ0) is 22.1. The van der Waals surface area contributed by atoms with Gasteiger partial charge in [0.15, 0.2) is 0 Å². The Morgan fingerprint density at radius 3 is 2.53 bits per heavy atom. The molecule has 0 aliphatic carbocycles. The molecule has 0 bridgehead atoms. The molecule has 30 heavy (non-hydrogen) atoms. The number of ether oxygens (including phenoxy) is 1. The molecule has 1 aliphatic heterocycles. The van der Waals surface area contributed by atoms with Gasteiger partial charge >= 0.3 is 6.09 Å². The number of hydrogen-bond donors (Lipinski definition) is 1. The van der Waals surface area contributed by atoms with Crippen LogP contribution in [0.4, 0.5) is 9.18 Å². The van der Waals surface area contributed by atoms with Crippen LogP contribution in [0.1, 0.15) is 36.3 Å². The molecule has 2 amide bonds. The van der Waals surface area contributed by atoms with Crippen LogP contribution < -0.4 is 5.73 Å². The first-order valence-corrected chi connectivity index (χ1v) is 10.6. The Morgan fingerprint density at radius 1 is 1.27 bits per heavy atom. The van der Waals surface area contributed by atoms with Crippen LogP contribution in [0.2, 0.25) is 0 Å². The molecular formula is C21H27FN4O3S. The summed E-state index contributed by atoms with van der Waals surface area (Å²) in [6, 6.07) is 5.66. The molecule has 1 aromatic heterocycles. The summed E-state index contributed by atoms with van der Waals surface area (Å²) in [7, 11) is 0. The van der Waals surface area contributed by atoms with E-state index in [1.807, 2.05) is 27.7 Å². The highest BCUT2D eigenvalue weighted by Crippen LogP contribution is 2.32. The number of benzene rings is 1. The van der Waals surface area contributed by atoms with Crippen molar-refractivity contribution in [1.29, 1.82) is 0 Å². The highest BCUT2D eigenvalue weighted by atomic mass is 32.1. The van der Waals surface area contributed by atoms with E-state index in [0.29, 0.717) is 30.2 Å². The Hall–Kier alpha value is -2.52. The number of thiazole rings is 1. The van der Waals surface area contributed by atoms with Gasteiger partial charge in [-0.15, -0.1) is 11.3 Å². The Balaban J connectivity index is 1.81. The average molecular weight is 435 g/mol. The van der Waals surface area contributed by atoms with Crippen LogP contribution in [0.25, 0.3) is 10.4 Å². The number of rotatable bonds is 3. The Kier molecular flexibility index (Phi) is 6.42. The summed E-state index contributed by atoms with van der Waals surface area (Å²) in [5.41, 5.74) is 6.41. The molecule has 1 aliphatic rings. The van der Waals surface area contributed by atoms with Crippen LogP contribution in [-0.2, 0) is 4.74 Å². The van der Waals surface area contributed by atoms with E-state index in [0.717, 1.165) is 10.6 Å². The number of halogens is 1. The predicted octanol–water partition coefficient (Wildman–Crippen LogP) is 3.28. The number of amides is 2. The fourth-order valence-electron chi connectivity index (χ4n) is 3.32. The van der Waals surface area contributed by atoms with Gasteiger partial charge in [0.05, 0.1) is 15.9 Å². The first-order chi connectivity index (χ1) is 14.1. The third-order valence-corrected chi connectivity index (χ3v) is 5.73. The van der Waals surface area contributed by atoms with Gasteiger partial charge in [0, 0.05) is 26.2 Å². The summed E-state index contributed by atoms with van der Waals surface area (Å²) in [6.07, 6.45) is -0.412. The van der Waals surface area contributed by atoms with Crippen molar-refractivity contribution in [2.75, 3.05) is 26.2 Å². The highest BCUT2D eigenvalue weighted by molar-refractivity contribution is 7.15. The number of aromatic nitrogens is 1. The van der Waals surface area contributed by atoms with Gasteiger partial charge in [0.1, 0.15) is 17.1 Å². The van der Waals surface area contributed by atoms with Crippen molar-refractivity contribution in [2.24, 2.45) is 5.73 Å². The number of carbonyl (C=O) groups is 2. The van der Waals surface area contributed by atoms with Gasteiger partial charge < -0.3 is 20.3 Å². The molecular weight excluding hydrogens is 407 g/mol. The van der Waals surface area contributed by atoms with Crippen LogP contribution >= 0.6 is 11.3 Å². The van der Waals surface area contributed by atoms with Crippen LogP contribution in [0, 0.1) is 12.7 Å². The lowest BCUT2D eigenvalue weighted by molar-refractivity contribution is 0.00519. The molecule has 1 atom stereocenters. The molecule has 1 fully saturated rings. The molecule has 162 valence electrons. The second-order valence-electron chi connectivity index (χ2n) is 8.23. The van der Waals surface area contributed by atoms with Crippen molar-refractivity contribution in [1.82, 2.24) is 14.8 Å². The lowest BCUT2D eigenvalue weighted by atomic mass is 10.1. The van der Waals surface area contributed by atoms with Gasteiger partial charge in [-0.3, -0.25) is 4.79 Å². The van der Waals surface area contributed by atoms with E-state index in [1.54, 1.807) is 21.9 Å². The van der Waals surface area contributed by atoms with Gasteiger partial charge in [-0.05, 0) is 45.4 Å². The Morgan fingerprint density at radius 2 is 1.93 bits per heavy atom. The monoisotopic (exact) mass is 434 g/mol. The van der Waals surface area contributed by atoms with Gasteiger partial charge in [-0.25, -0.2) is 14.2 Å². The maximum atomic E-state index is 13.4. The van der Waals surface area contributed by atoms with Crippen molar-refractivity contribution >= 4 is 23.3 Å². The van der Waals surface area contributed by atoms with E-state index in [9.17, 15) is 14.0 Å². The van der Waals surface area contributed by atoms with E-state index in [-0.39, 0.29) is 24.3 Å². The molecule has 1 aromatic carbocycles. The van der Waals surface area contributed by atoms with Gasteiger partial charge in [-0.1, -0.05) is 12.1 Å². The molecule has 2 aromatic rings. The van der Waals surface area contributed by atoms with Crippen LogP contribution in [-0.4, -0.2) is 64.6 Å². The maximum Gasteiger partial charge on any atom is 0.410 e. The smallest absolute Gasteiger partial charge is 0.410 e. The average Bonchev–Trinajstić information content (AvgIpc) is 3.07. The Bertz CT molecular complexity index is 923. The standard InChI is InChI=1S/C21H27FN4O3S/c1-13-24-17(18(30-13)14-5-7-15(22)8-6-14)19(27)26-10-9-25(12-16(26)11-23)20(28)29-21(2,3)4/h5-8,16H,9-12,23H2,1-4H3/t16-/m0/s1. The second-order valence-corrected chi connectivity index (χ2v) is 9.44. The quantitative estimate of drug-likeness (QED) is 0.801. The molecule has 0 unspecified atom stereocenters. The summed E-state index contributed by atoms with van der Waals surface area (Å²) in [5, 5.41) is 0.745. The van der Waals surface area contributed by atoms with Gasteiger partial charge in [0.2, 0.25) is 0 Å². The van der Waals surface area contributed by atoms with Crippen LogP contribution in [0.5, 0.6) is 0 Å². The third-order valence-electron chi connectivity index (χ3n) is 4.71. The van der Waals surface area contributed by atoms with Crippen molar-refractivity contribution in [3.63, 3.8) is 0 Å². The first kappa shape index (κ1) is 22.2. The van der Waals surface area contributed by atoms with Gasteiger partial charge in [-0.2, -0.15) is 0 Å². The van der Waals surface area contributed by atoms with Crippen molar-refractivity contribution in [2.45, 2.75) is 39.3 Å². The summed E-state index contributed by atoms with van der Waals surface area (Å²) in [4.78, 5) is 34.2. The SMILES string of the molecule is Cc1nc(C(=O)N2CCN(C(=O)OC(C)(C)C)C[C@@H]2CN)c(-c2ccc(F)cc2)s1. The second kappa shape index (κ2) is 8.69. The highest BCUT2D eigenvalue weighted by Gasteiger charge is 2.35. The number of carbonyl (C=O) groups excluding carboxylic acids is 2. The van der Waals surface area contributed by atoms with E-state index < -0.39 is 11.7 Å². The largest absolute Gasteiger partial charge is 0.444 e. The first-order valence-electron chi connectivity index (χ1n) is 9.81. The van der Waals surface area contributed by atoms with E-state index >= 15 is 0 Å². The molecule has 9 heteroatoms. The number of nitrogens with two attached hydrogens (primary N) is 1. The molecule has 0 saturated carbocycles. The topological polar surface area (TPSA) is 88.8 Å². The normalized spacial score (nSPS) is 17.2. The maximum absolute atomic E-state index is 13.4. The number of hydrogen-bond acceptors (Lipinski definition) is 6. The molecule has 7 nitrogen and oxygen atoms in total. The fourth-order valence-corrected chi connectivity index (χ4v) is 4.24. The molecule has 0 radical (unpaired) electrons. The van der Waals surface area contributed by atoms with E-state index in [1.165, 1.54) is 23.5 Å². The number of piperazine rings is 1. The number of nitrogens with zero attached hydrogens (tertiary/aromatic N) is 3. The molecule has 1 saturated heterocycles. The third kappa shape index (κ3) is 4.96. The molecule has 0 spiro atoms. The van der Waals surface area contributed by atoms with Crippen molar-refractivity contribution < 1.29 is 18.7 Å². The number of aryl methyl sites for hydroxylation is 1. The lowest BCUT2D eigenvalue weighted by Crippen LogP contribution is -2.59. The summed E-state index contributed by atoms with van der Waals surface area (Å²) in [5.74, 6) is -0.577. The molecule has 2 N–H and O–H groups in total. The zero-order valence-corrected chi connectivity index (χ0v) is 18.5. The van der Waals surface area contributed by atoms with Gasteiger partial charge in [0.25, 0.3) is 5.91 Å². The minimum absolute atomic E-state index is 0.208. The predicted molar refractivity (Wildman–Crippen MR) is 114 cm³/mol. The molecule has 2 heterocycles. The molecule has 3 rings (SSSR count). The summed E-state index contributed by atoms with van der Waals surface area (Å²) < 4.78 is 18.8. The lowest BCUT2D eigenvalue weighted by Gasteiger charge is -2.41. The minimum atomic E-state index is -0.593.